The van der Waals surface area contributed by atoms with Gasteiger partial charge < -0.3 is 9.88 Å². The van der Waals surface area contributed by atoms with Gasteiger partial charge in [-0.25, -0.2) is 9.97 Å². The minimum absolute atomic E-state index is 0.916. The largest absolute Gasteiger partial charge is 0.371 e. The third-order valence-corrected chi connectivity index (χ3v) is 3.72. The van der Waals surface area contributed by atoms with Gasteiger partial charge in [0.2, 0.25) is 0 Å². The van der Waals surface area contributed by atoms with Crippen molar-refractivity contribution in [2.24, 2.45) is 0 Å². The molecule has 4 heteroatoms. The van der Waals surface area contributed by atoms with Crippen LogP contribution in [0.4, 0.5) is 0 Å². The summed E-state index contributed by atoms with van der Waals surface area (Å²) in [4.78, 5) is 14.3. The number of aromatic amines is 1. The smallest absolute Gasteiger partial charge is 0.141 e. The van der Waals surface area contributed by atoms with Crippen LogP contribution in [0.5, 0.6) is 0 Å². The first-order valence-corrected chi connectivity index (χ1v) is 7.55. The van der Waals surface area contributed by atoms with Crippen molar-refractivity contribution in [1.82, 2.24) is 19.9 Å². The summed E-state index contributed by atoms with van der Waals surface area (Å²) in [6, 6.07) is 0. The van der Waals surface area contributed by atoms with E-state index in [2.05, 4.69) is 46.4 Å². The Morgan fingerprint density at radius 1 is 1.33 bits per heavy atom. The Labute approximate surface area is 126 Å². The van der Waals surface area contributed by atoms with Crippen LogP contribution in [0.3, 0.4) is 0 Å². The Balaban J connectivity index is 0.000000774. The highest BCUT2D eigenvalue weighted by Gasteiger charge is 2.17. The Hall–Kier alpha value is -2.10. The number of rotatable bonds is 2. The minimum atomic E-state index is 0.916. The molecule has 0 spiro atoms. The molecule has 3 heterocycles. The van der Waals surface area contributed by atoms with Gasteiger partial charge in [0.1, 0.15) is 12.0 Å². The van der Waals surface area contributed by atoms with Crippen molar-refractivity contribution in [3.05, 3.63) is 42.1 Å². The number of hydrogen-bond donors (Lipinski definition) is 1. The second-order valence-electron chi connectivity index (χ2n) is 5.08. The number of H-pyrrole nitrogens is 1. The zero-order valence-corrected chi connectivity index (χ0v) is 13.4. The van der Waals surface area contributed by atoms with Crippen LogP contribution in [0.25, 0.3) is 16.6 Å². The van der Waals surface area contributed by atoms with Gasteiger partial charge >= 0.3 is 0 Å². The summed E-state index contributed by atoms with van der Waals surface area (Å²) >= 11 is 0. The molecule has 0 unspecified atom stereocenters. The van der Waals surface area contributed by atoms with E-state index in [1.807, 2.05) is 20.0 Å². The van der Waals surface area contributed by atoms with E-state index in [0.29, 0.717) is 0 Å². The summed E-state index contributed by atoms with van der Waals surface area (Å²) < 4.78 is 0. The zero-order chi connectivity index (χ0) is 15.4. The lowest BCUT2D eigenvalue weighted by Gasteiger charge is -2.28. The van der Waals surface area contributed by atoms with Crippen LogP contribution in [0.1, 0.15) is 38.4 Å². The normalized spacial score (nSPS) is 14.5. The summed E-state index contributed by atoms with van der Waals surface area (Å²) in [7, 11) is 0. The number of hydrogen-bond acceptors (Lipinski definition) is 3. The molecule has 0 atom stereocenters. The van der Waals surface area contributed by atoms with Gasteiger partial charge in [0.25, 0.3) is 0 Å². The molecule has 0 fully saturated rings. The van der Waals surface area contributed by atoms with E-state index >= 15 is 0 Å². The van der Waals surface area contributed by atoms with Crippen molar-refractivity contribution < 1.29 is 0 Å². The van der Waals surface area contributed by atoms with Crippen LogP contribution in [0.15, 0.2) is 30.9 Å². The summed E-state index contributed by atoms with van der Waals surface area (Å²) in [5.41, 5.74) is 5.64. The predicted molar refractivity (Wildman–Crippen MR) is 89.0 cm³/mol. The predicted octanol–water partition coefficient (Wildman–Crippen LogP) is 3.92. The Morgan fingerprint density at radius 2 is 2.10 bits per heavy atom. The molecule has 1 aliphatic rings. The molecule has 0 bridgehead atoms. The van der Waals surface area contributed by atoms with Gasteiger partial charge in [0, 0.05) is 30.4 Å². The quantitative estimate of drug-likeness (QED) is 0.909. The van der Waals surface area contributed by atoms with Crippen molar-refractivity contribution in [3.8, 4) is 0 Å². The maximum Gasteiger partial charge on any atom is 0.141 e. The van der Waals surface area contributed by atoms with E-state index in [1.54, 1.807) is 6.33 Å². The van der Waals surface area contributed by atoms with Crippen LogP contribution in [0, 0.1) is 6.92 Å². The highest BCUT2D eigenvalue weighted by molar-refractivity contribution is 5.90. The van der Waals surface area contributed by atoms with Crippen molar-refractivity contribution in [3.63, 3.8) is 0 Å². The van der Waals surface area contributed by atoms with E-state index in [4.69, 9.17) is 0 Å². The number of nitrogens with zero attached hydrogens (tertiary/aromatic N) is 3. The lowest BCUT2D eigenvalue weighted by molar-refractivity contribution is 0.381. The summed E-state index contributed by atoms with van der Waals surface area (Å²) in [5.74, 6) is 0. The number of nitrogens with one attached hydrogen (secondary N) is 1. The second kappa shape index (κ2) is 6.57. The lowest BCUT2D eigenvalue weighted by Crippen LogP contribution is -2.26. The summed E-state index contributed by atoms with van der Waals surface area (Å²) in [5, 5.41) is 1.15. The van der Waals surface area contributed by atoms with E-state index in [0.717, 1.165) is 41.9 Å². The van der Waals surface area contributed by atoms with Crippen LogP contribution in [-0.4, -0.2) is 32.9 Å². The Bertz CT molecular complexity index is 666. The first kappa shape index (κ1) is 15.3. The fourth-order valence-corrected chi connectivity index (χ4v) is 2.59. The molecule has 0 radical (unpaired) electrons. The van der Waals surface area contributed by atoms with Gasteiger partial charge in [-0.3, -0.25) is 0 Å². The average molecular weight is 284 g/mol. The molecule has 4 nitrogen and oxygen atoms in total. The van der Waals surface area contributed by atoms with Crippen molar-refractivity contribution in [1.29, 1.82) is 0 Å². The van der Waals surface area contributed by atoms with Crippen molar-refractivity contribution >= 4 is 16.6 Å². The topological polar surface area (TPSA) is 44.8 Å². The number of aryl methyl sites for hydroxylation is 1. The molecule has 21 heavy (non-hydrogen) atoms. The highest BCUT2D eigenvalue weighted by atomic mass is 15.1. The minimum Gasteiger partial charge on any atom is -0.371 e. The van der Waals surface area contributed by atoms with Gasteiger partial charge in [-0.05, 0) is 31.4 Å². The maximum absolute atomic E-state index is 4.49. The van der Waals surface area contributed by atoms with Crippen LogP contribution < -0.4 is 0 Å². The molecule has 3 rings (SSSR count). The molecule has 2 aromatic rings. The average Bonchev–Trinajstić information content (AvgIpc) is 2.91. The fourth-order valence-electron chi connectivity index (χ4n) is 2.59. The van der Waals surface area contributed by atoms with E-state index < -0.39 is 0 Å². The molecule has 0 aliphatic carbocycles. The van der Waals surface area contributed by atoms with Crippen molar-refractivity contribution in [2.45, 2.75) is 34.1 Å². The van der Waals surface area contributed by atoms with Gasteiger partial charge in [0.05, 0.1) is 5.69 Å². The molecular formula is C17H24N4. The third kappa shape index (κ3) is 2.99. The van der Waals surface area contributed by atoms with E-state index in [9.17, 15) is 0 Å². The molecule has 112 valence electrons. The second-order valence-corrected chi connectivity index (χ2v) is 5.08. The van der Waals surface area contributed by atoms with Gasteiger partial charge in [0.15, 0.2) is 0 Å². The van der Waals surface area contributed by atoms with E-state index in [1.165, 1.54) is 11.1 Å². The SMILES string of the molecule is C=C(C)N1CC=C(c2ncnc3[nH]cc(C)c23)CC1.CC. The number of allylic oxidation sites excluding steroid dienone is 1. The van der Waals surface area contributed by atoms with Crippen LogP contribution in [0.2, 0.25) is 0 Å². The van der Waals surface area contributed by atoms with Crippen molar-refractivity contribution in [2.75, 3.05) is 13.1 Å². The molecule has 0 saturated heterocycles. The molecule has 2 aromatic heterocycles. The highest BCUT2D eigenvalue weighted by Crippen LogP contribution is 2.28. The Kier molecular flexibility index (Phi) is 4.78. The molecule has 1 aliphatic heterocycles. The summed E-state index contributed by atoms with van der Waals surface area (Å²) in [6.45, 7) is 14.1. The van der Waals surface area contributed by atoms with E-state index in [-0.39, 0.29) is 0 Å². The van der Waals surface area contributed by atoms with Gasteiger partial charge in [-0.2, -0.15) is 0 Å². The first-order chi connectivity index (χ1) is 10.2. The number of fused-ring (bicyclic) bond motifs is 1. The maximum atomic E-state index is 4.49. The number of aromatic nitrogens is 3. The standard InChI is InChI=1S/C15H18N4.C2H6/c1-10(2)19-6-4-12(5-7-19)14-13-11(3)8-16-15(13)18-9-17-14;1-2/h4,8-9H,1,5-7H2,2-3H3,(H,16,17,18);1-2H3. The van der Waals surface area contributed by atoms with Crippen LogP contribution in [-0.2, 0) is 0 Å². The fraction of sp³-hybridized carbons (Fsp3) is 0.412. The molecular weight excluding hydrogens is 260 g/mol. The molecule has 1 N–H and O–H groups in total. The zero-order valence-electron chi connectivity index (χ0n) is 13.4. The van der Waals surface area contributed by atoms with Gasteiger partial charge in [-0.15, -0.1) is 0 Å². The monoisotopic (exact) mass is 284 g/mol. The van der Waals surface area contributed by atoms with Crippen LogP contribution >= 0.6 is 0 Å². The lowest BCUT2D eigenvalue weighted by atomic mass is 10.0. The van der Waals surface area contributed by atoms with Gasteiger partial charge in [-0.1, -0.05) is 26.5 Å². The molecule has 0 amide bonds. The molecule has 0 aromatic carbocycles. The third-order valence-electron chi connectivity index (χ3n) is 3.72. The summed E-state index contributed by atoms with van der Waals surface area (Å²) in [6.07, 6.45) is 6.89. The Morgan fingerprint density at radius 3 is 2.71 bits per heavy atom. The first-order valence-electron chi connectivity index (χ1n) is 7.55. The molecule has 0 saturated carbocycles.